The van der Waals surface area contributed by atoms with Crippen molar-refractivity contribution in [2.75, 3.05) is 27.2 Å². The maximum Gasteiger partial charge on any atom is 0.239 e. The van der Waals surface area contributed by atoms with Gasteiger partial charge in [-0.2, -0.15) is 0 Å². The van der Waals surface area contributed by atoms with Crippen molar-refractivity contribution in [1.82, 2.24) is 25.5 Å². The second-order valence-electron chi connectivity index (χ2n) is 6.95. The second kappa shape index (κ2) is 10.8. The van der Waals surface area contributed by atoms with Crippen LogP contribution in [-0.2, 0) is 17.8 Å². The van der Waals surface area contributed by atoms with Gasteiger partial charge >= 0.3 is 0 Å². The average Bonchev–Trinajstić information content (AvgIpc) is 3.24. The van der Waals surface area contributed by atoms with E-state index in [1.807, 2.05) is 66.7 Å². The van der Waals surface area contributed by atoms with Crippen molar-refractivity contribution in [1.29, 1.82) is 0 Å². The molecule has 3 N–H and O–H groups in total. The highest BCUT2D eigenvalue weighted by Crippen LogP contribution is 2.16. The van der Waals surface area contributed by atoms with E-state index in [0.717, 1.165) is 23.5 Å². The number of rotatable bonds is 8. The van der Waals surface area contributed by atoms with Gasteiger partial charge in [-0.25, -0.2) is 4.98 Å². The number of nitrogens with one attached hydrogen (secondary N) is 3. The summed E-state index contributed by atoms with van der Waals surface area (Å²) in [5, 5.41) is 6.03. The van der Waals surface area contributed by atoms with Crippen molar-refractivity contribution in [2.24, 2.45) is 4.99 Å². The van der Waals surface area contributed by atoms with Crippen molar-refractivity contribution >= 4 is 11.9 Å². The largest absolute Gasteiger partial charge is 0.354 e. The molecule has 0 atom stereocenters. The molecule has 0 fully saturated rings. The molecule has 0 aliphatic carbocycles. The molecule has 1 amide bonds. The number of amides is 1. The van der Waals surface area contributed by atoms with Gasteiger partial charge in [0, 0.05) is 20.6 Å². The number of H-pyrrole nitrogens is 1. The molecule has 0 aliphatic heterocycles. The third-order valence-electron chi connectivity index (χ3n) is 4.66. The highest BCUT2D eigenvalue weighted by atomic mass is 16.1. The van der Waals surface area contributed by atoms with Crippen molar-refractivity contribution in [3.63, 3.8) is 0 Å². The predicted molar refractivity (Wildman–Crippen MR) is 120 cm³/mol. The van der Waals surface area contributed by atoms with Crippen LogP contribution in [-0.4, -0.2) is 53.9 Å². The molecular formula is C23H28N6O. The molecular weight excluding hydrogens is 376 g/mol. The monoisotopic (exact) mass is 404 g/mol. The number of aliphatic imine (C=N–C) groups is 1. The van der Waals surface area contributed by atoms with E-state index in [9.17, 15) is 4.79 Å². The number of carbonyl (C=O) groups is 1. The Hall–Kier alpha value is -3.61. The number of nitrogens with zero attached hydrogens (tertiary/aromatic N) is 3. The van der Waals surface area contributed by atoms with Gasteiger partial charge in [-0.3, -0.25) is 9.79 Å². The van der Waals surface area contributed by atoms with Gasteiger partial charge in [-0.1, -0.05) is 60.7 Å². The minimum atomic E-state index is -0.0650. The van der Waals surface area contributed by atoms with E-state index < -0.39 is 0 Å². The fraction of sp³-hybridized carbons (Fsp3) is 0.261. The number of hydrogen-bond donors (Lipinski definition) is 3. The molecule has 0 unspecified atom stereocenters. The lowest BCUT2D eigenvalue weighted by atomic mass is 10.1. The van der Waals surface area contributed by atoms with Crippen molar-refractivity contribution in [3.05, 3.63) is 78.2 Å². The number of guanidine groups is 1. The normalized spacial score (nSPS) is 11.2. The number of benzene rings is 2. The number of aromatic amines is 1. The van der Waals surface area contributed by atoms with E-state index >= 15 is 0 Å². The van der Waals surface area contributed by atoms with Crippen LogP contribution < -0.4 is 10.6 Å². The lowest BCUT2D eigenvalue weighted by Crippen LogP contribution is -2.44. The first kappa shape index (κ1) is 21.1. The number of aromatic nitrogens is 2. The van der Waals surface area contributed by atoms with Gasteiger partial charge in [0.2, 0.25) is 5.91 Å². The summed E-state index contributed by atoms with van der Waals surface area (Å²) in [7, 11) is 3.61. The smallest absolute Gasteiger partial charge is 0.239 e. The van der Waals surface area contributed by atoms with Crippen LogP contribution >= 0.6 is 0 Å². The minimum Gasteiger partial charge on any atom is -0.354 e. The number of imidazole rings is 1. The molecule has 3 aromatic rings. The first-order chi connectivity index (χ1) is 14.7. The van der Waals surface area contributed by atoms with Gasteiger partial charge in [0.15, 0.2) is 5.96 Å². The van der Waals surface area contributed by atoms with Crippen LogP contribution in [0.5, 0.6) is 0 Å². The molecule has 0 spiro atoms. The van der Waals surface area contributed by atoms with E-state index in [2.05, 4.69) is 37.7 Å². The Balaban J connectivity index is 1.44. The van der Waals surface area contributed by atoms with Gasteiger partial charge < -0.3 is 20.5 Å². The molecule has 1 aromatic heterocycles. The van der Waals surface area contributed by atoms with Gasteiger partial charge in [0.25, 0.3) is 0 Å². The second-order valence-corrected chi connectivity index (χ2v) is 6.95. The van der Waals surface area contributed by atoms with Crippen LogP contribution in [0.3, 0.4) is 0 Å². The van der Waals surface area contributed by atoms with Crippen LogP contribution in [0.15, 0.2) is 71.9 Å². The Kier molecular flexibility index (Phi) is 7.60. The van der Waals surface area contributed by atoms with Crippen LogP contribution in [0.1, 0.15) is 11.4 Å². The molecule has 7 heteroatoms. The summed E-state index contributed by atoms with van der Waals surface area (Å²) in [6, 6.07) is 20.2. The lowest BCUT2D eigenvalue weighted by Gasteiger charge is -2.20. The third kappa shape index (κ3) is 6.20. The molecule has 0 aliphatic rings. The maximum atomic E-state index is 12.1. The predicted octanol–water partition coefficient (Wildman–Crippen LogP) is 2.44. The Morgan fingerprint density at radius 2 is 1.77 bits per heavy atom. The van der Waals surface area contributed by atoms with Gasteiger partial charge in [0.05, 0.1) is 25.0 Å². The Bertz CT molecular complexity index is 952. The molecule has 0 saturated carbocycles. The van der Waals surface area contributed by atoms with E-state index in [1.54, 1.807) is 7.05 Å². The first-order valence-corrected chi connectivity index (χ1v) is 9.97. The molecule has 0 radical (unpaired) electrons. The molecule has 1 heterocycles. The Labute approximate surface area is 177 Å². The maximum absolute atomic E-state index is 12.1. The fourth-order valence-electron chi connectivity index (χ4n) is 3.10. The summed E-state index contributed by atoms with van der Waals surface area (Å²) in [5.74, 6) is 1.39. The lowest BCUT2D eigenvalue weighted by molar-refractivity contribution is -0.120. The quantitative estimate of drug-likeness (QED) is 0.398. The summed E-state index contributed by atoms with van der Waals surface area (Å²) in [6.45, 7) is 1.31. The Morgan fingerprint density at radius 3 is 2.47 bits per heavy atom. The van der Waals surface area contributed by atoms with Gasteiger partial charge in [-0.15, -0.1) is 0 Å². The minimum absolute atomic E-state index is 0.0650. The summed E-state index contributed by atoms with van der Waals surface area (Å²) in [4.78, 5) is 26.1. The zero-order chi connectivity index (χ0) is 21.2. The highest BCUT2D eigenvalue weighted by Gasteiger charge is 2.11. The molecule has 2 aromatic carbocycles. The summed E-state index contributed by atoms with van der Waals surface area (Å²) >= 11 is 0. The molecule has 156 valence electrons. The molecule has 3 rings (SSSR count). The van der Waals surface area contributed by atoms with Crippen molar-refractivity contribution in [2.45, 2.75) is 13.0 Å². The van der Waals surface area contributed by atoms with Gasteiger partial charge in [0.1, 0.15) is 5.82 Å². The standard InChI is InChI=1S/C23H28N6O/c1-24-23(27-16-22(30)25-14-13-18-9-5-3-6-10-18)29(2)17-21-26-15-20(28-21)19-11-7-4-8-12-19/h3-12,15H,13-14,16-17H2,1-2H3,(H,24,27)(H,25,30)(H,26,28). The van der Waals surface area contributed by atoms with Crippen LogP contribution in [0.2, 0.25) is 0 Å². The topological polar surface area (TPSA) is 85.4 Å². The van der Waals surface area contributed by atoms with Gasteiger partial charge in [-0.05, 0) is 17.5 Å². The number of carbonyl (C=O) groups excluding carboxylic acids is 1. The average molecular weight is 405 g/mol. The molecule has 0 saturated heterocycles. The van der Waals surface area contributed by atoms with Crippen LogP contribution in [0.25, 0.3) is 11.3 Å². The zero-order valence-corrected chi connectivity index (χ0v) is 17.4. The van der Waals surface area contributed by atoms with E-state index in [-0.39, 0.29) is 12.5 Å². The van der Waals surface area contributed by atoms with Crippen molar-refractivity contribution in [3.8, 4) is 11.3 Å². The van der Waals surface area contributed by atoms with E-state index in [4.69, 9.17) is 0 Å². The van der Waals surface area contributed by atoms with E-state index in [0.29, 0.717) is 19.0 Å². The van der Waals surface area contributed by atoms with Crippen LogP contribution in [0, 0.1) is 0 Å². The molecule has 0 bridgehead atoms. The molecule has 7 nitrogen and oxygen atoms in total. The van der Waals surface area contributed by atoms with Crippen LogP contribution in [0.4, 0.5) is 0 Å². The third-order valence-corrected chi connectivity index (χ3v) is 4.66. The fourth-order valence-corrected chi connectivity index (χ4v) is 3.10. The summed E-state index contributed by atoms with van der Waals surface area (Å²) in [5.41, 5.74) is 3.27. The van der Waals surface area contributed by atoms with Crippen molar-refractivity contribution < 1.29 is 4.79 Å². The molecule has 30 heavy (non-hydrogen) atoms. The van der Waals surface area contributed by atoms with E-state index in [1.165, 1.54) is 5.56 Å². The first-order valence-electron chi connectivity index (χ1n) is 9.97. The number of hydrogen-bond acceptors (Lipinski definition) is 3. The summed E-state index contributed by atoms with van der Waals surface area (Å²) in [6.07, 6.45) is 2.64. The Morgan fingerprint density at radius 1 is 1.07 bits per heavy atom. The zero-order valence-electron chi connectivity index (χ0n) is 17.4. The SMILES string of the molecule is CN=C(NCC(=O)NCCc1ccccc1)N(C)Cc1ncc(-c2ccccc2)[nH]1. The summed E-state index contributed by atoms with van der Waals surface area (Å²) < 4.78 is 0. The highest BCUT2D eigenvalue weighted by molar-refractivity contribution is 5.86.